The number of hydrogen-bond acceptors (Lipinski definition) is 8. The van der Waals surface area contributed by atoms with Gasteiger partial charge in [-0.1, -0.05) is 26.8 Å². The number of nitrogens with one attached hydrogen (secondary N) is 2. The Morgan fingerprint density at radius 2 is 1.87 bits per heavy atom. The summed E-state index contributed by atoms with van der Waals surface area (Å²) in [4.78, 5) is 27.3. The molecule has 2 atom stereocenters. The number of carbonyl (C=O) groups is 2. The van der Waals surface area contributed by atoms with Gasteiger partial charge in [-0.2, -0.15) is 0 Å². The largest absolute Gasteiger partial charge is 0.493 e. The minimum atomic E-state index is -0.541. The van der Waals surface area contributed by atoms with E-state index in [1.807, 2.05) is 6.07 Å². The first kappa shape index (κ1) is 24.6. The fraction of sp³-hybridized carbons (Fsp3) is 0.379. The summed E-state index contributed by atoms with van der Waals surface area (Å²) in [7, 11) is 1.51. The molecule has 38 heavy (non-hydrogen) atoms. The molecule has 2 N–H and O–H groups in total. The van der Waals surface area contributed by atoms with E-state index in [2.05, 4.69) is 31.4 Å². The average Bonchev–Trinajstić information content (AvgIpc) is 3.51. The van der Waals surface area contributed by atoms with Gasteiger partial charge in [-0.3, -0.25) is 4.79 Å². The standard InChI is InChI=1S/C29H30N2O6S/c1-29(2,3)17-7-8-18-23(13-17)38-27-24(18)26(32)30-25(31-27)15-5-10-20(21(11-15)34-4)37-28(33)16-6-9-19-22(12-16)36-14-35-19/h5-6,9-12,17,25,31H,7-8,13-14H2,1-4H3,(H,30,32)/t17-,25+/m0/s1. The van der Waals surface area contributed by atoms with Crippen LogP contribution in [0.3, 0.4) is 0 Å². The molecular weight excluding hydrogens is 504 g/mol. The third-order valence-corrected chi connectivity index (χ3v) is 8.79. The van der Waals surface area contributed by atoms with Crippen molar-refractivity contribution in [1.29, 1.82) is 0 Å². The number of ether oxygens (including phenoxy) is 4. The molecule has 0 fully saturated rings. The van der Waals surface area contributed by atoms with E-state index in [0.29, 0.717) is 28.7 Å². The van der Waals surface area contributed by atoms with Crippen molar-refractivity contribution < 1.29 is 28.5 Å². The normalized spacial score (nSPS) is 19.6. The molecule has 6 rings (SSSR count). The number of carbonyl (C=O) groups excluding carboxylic acids is 2. The summed E-state index contributed by atoms with van der Waals surface area (Å²) in [5.41, 5.74) is 3.35. The van der Waals surface area contributed by atoms with Gasteiger partial charge in [0, 0.05) is 4.88 Å². The summed E-state index contributed by atoms with van der Waals surface area (Å²) in [5.74, 6) is 1.76. The number of anilines is 1. The zero-order valence-electron chi connectivity index (χ0n) is 21.8. The van der Waals surface area contributed by atoms with Crippen LogP contribution >= 0.6 is 11.3 Å². The maximum absolute atomic E-state index is 13.2. The van der Waals surface area contributed by atoms with Gasteiger partial charge in [-0.05, 0) is 72.1 Å². The summed E-state index contributed by atoms with van der Waals surface area (Å²) in [5, 5.41) is 7.52. The monoisotopic (exact) mass is 534 g/mol. The topological polar surface area (TPSA) is 95.1 Å². The number of amides is 1. The average molecular weight is 535 g/mol. The Balaban J connectivity index is 1.21. The summed E-state index contributed by atoms with van der Waals surface area (Å²) < 4.78 is 21.8. The van der Waals surface area contributed by atoms with Crippen LogP contribution in [0.15, 0.2) is 36.4 Å². The van der Waals surface area contributed by atoms with E-state index in [1.165, 1.54) is 17.6 Å². The van der Waals surface area contributed by atoms with Gasteiger partial charge in [-0.15, -0.1) is 11.3 Å². The number of thiophene rings is 1. The van der Waals surface area contributed by atoms with E-state index in [4.69, 9.17) is 18.9 Å². The fourth-order valence-electron chi connectivity index (χ4n) is 5.33. The zero-order valence-corrected chi connectivity index (χ0v) is 22.6. The second-order valence-electron chi connectivity index (χ2n) is 10.9. The second-order valence-corrected chi connectivity index (χ2v) is 12.0. The molecule has 0 bridgehead atoms. The lowest BCUT2D eigenvalue weighted by Gasteiger charge is -2.34. The minimum Gasteiger partial charge on any atom is -0.493 e. The maximum atomic E-state index is 13.2. The van der Waals surface area contributed by atoms with Crippen molar-refractivity contribution in [2.24, 2.45) is 11.3 Å². The Labute approximate surface area is 225 Å². The van der Waals surface area contributed by atoms with Gasteiger partial charge < -0.3 is 29.6 Å². The SMILES string of the molecule is COc1cc([C@@H]2NC(=O)c3c(sc4c3CC[C@H](C(C)(C)C)C4)N2)ccc1OC(=O)c1ccc2c(c1)OCO2. The number of esters is 1. The van der Waals surface area contributed by atoms with Gasteiger partial charge in [0.15, 0.2) is 23.0 Å². The molecule has 0 spiro atoms. The Bertz CT molecular complexity index is 1440. The van der Waals surface area contributed by atoms with Crippen LogP contribution in [0, 0.1) is 11.3 Å². The third kappa shape index (κ3) is 4.34. The van der Waals surface area contributed by atoms with Crippen molar-refractivity contribution in [1.82, 2.24) is 5.32 Å². The van der Waals surface area contributed by atoms with Gasteiger partial charge in [0.05, 0.1) is 18.2 Å². The highest BCUT2D eigenvalue weighted by molar-refractivity contribution is 7.16. The number of methoxy groups -OCH3 is 1. The number of rotatable bonds is 4. The van der Waals surface area contributed by atoms with Crippen LogP contribution in [0.25, 0.3) is 0 Å². The van der Waals surface area contributed by atoms with Crippen LogP contribution in [0.2, 0.25) is 0 Å². The second kappa shape index (κ2) is 9.23. The lowest BCUT2D eigenvalue weighted by Crippen LogP contribution is -2.38. The fourth-order valence-corrected chi connectivity index (χ4v) is 6.69. The van der Waals surface area contributed by atoms with Crippen molar-refractivity contribution in [2.75, 3.05) is 19.2 Å². The van der Waals surface area contributed by atoms with Gasteiger partial charge in [0.2, 0.25) is 6.79 Å². The molecule has 2 aromatic carbocycles. The van der Waals surface area contributed by atoms with Crippen LogP contribution in [-0.2, 0) is 12.8 Å². The molecule has 0 radical (unpaired) electrons. The lowest BCUT2D eigenvalue weighted by molar-refractivity contribution is 0.0729. The summed E-state index contributed by atoms with van der Waals surface area (Å²) in [6.45, 7) is 7.00. The highest BCUT2D eigenvalue weighted by Crippen LogP contribution is 2.46. The summed E-state index contributed by atoms with van der Waals surface area (Å²) in [6, 6.07) is 10.2. The first-order valence-electron chi connectivity index (χ1n) is 12.7. The van der Waals surface area contributed by atoms with E-state index in [-0.39, 0.29) is 23.9 Å². The first-order valence-corrected chi connectivity index (χ1v) is 13.5. The molecule has 2 aliphatic heterocycles. The van der Waals surface area contributed by atoms with Gasteiger partial charge in [-0.25, -0.2) is 4.79 Å². The zero-order chi connectivity index (χ0) is 26.6. The molecule has 0 saturated carbocycles. The molecule has 9 heteroatoms. The predicted octanol–water partition coefficient (Wildman–Crippen LogP) is 5.71. The highest BCUT2D eigenvalue weighted by Gasteiger charge is 2.36. The number of fused-ring (bicyclic) bond motifs is 4. The maximum Gasteiger partial charge on any atom is 0.343 e. The lowest BCUT2D eigenvalue weighted by atomic mass is 9.72. The molecule has 1 aliphatic carbocycles. The molecule has 0 saturated heterocycles. The Morgan fingerprint density at radius 1 is 1.05 bits per heavy atom. The van der Waals surface area contributed by atoms with Crippen LogP contribution in [0.4, 0.5) is 5.00 Å². The minimum absolute atomic E-state index is 0.0623. The highest BCUT2D eigenvalue weighted by atomic mass is 32.1. The first-order chi connectivity index (χ1) is 18.2. The molecule has 8 nitrogen and oxygen atoms in total. The van der Waals surface area contributed by atoms with E-state index in [9.17, 15) is 9.59 Å². The van der Waals surface area contributed by atoms with Gasteiger partial charge in [0.25, 0.3) is 5.91 Å². The van der Waals surface area contributed by atoms with Crippen LogP contribution in [0.5, 0.6) is 23.0 Å². The van der Waals surface area contributed by atoms with Crippen LogP contribution in [0.1, 0.15) is 70.1 Å². The molecule has 3 heterocycles. The van der Waals surface area contributed by atoms with Crippen molar-refractivity contribution in [3.8, 4) is 23.0 Å². The van der Waals surface area contributed by atoms with Gasteiger partial charge in [0.1, 0.15) is 11.2 Å². The Morgan fingerprint density at radius 3 is 2.66 bits per heavy atom. The van der Waals surface area contributed by atoms with Crippen molar-refractivity contribution >= 4 is 28.2 Å². The molecule has 0 unspecified atom stereocenters. The van der Waals surface area contributed by atoms with E-state index in [0.717, 1.165) is 35.4 Å². The van der Waals surface area contributed by atoms with Gasteiger partial charge >= 0.3 is 5.97 Å². The molecule has 1 aromatic heterocycles. The summed E-state index contributed by atoms with van der Waals surface area (Å²) in [6.07, 6.45) is 2.61. The quantitative estimate of drug-likeness (QED) is 0.327. The number of hydrogen-bond donors (Lipinski definition) is 2. The predicted molar refractivity (Wildman–Crippen MR) is 144 cm³/mol. The van der Waals surface area contributed by atoms with E-state index < -0.39 is 12.1 Å². The smallest absolute Gasteiger partial charge is 0.343 e. The Hall–Kier alpha value is -3.72. The van der Waals surface area contributed by atoms with Crippen molar-refractivity contribution in [3.63, 3.8) is 0 Å². The molecule has 3 aliphatic rings. The summed E-state index contributed by atoms with van der Waals surface area (Å²) >= 11 is 1.70. The number of benzene rings is 2. The Kier molecular flexibility index (Phi) is 5.98. The molecule has 1 amide bonds. The van der Waals surface area contributed by atoms with Crippen LogP contribution in [-0.4, -0.2) is 25.8 Å². The van der Waals surface area contributed by atoms with Crippen molar-refractivity contribution in [3.05, 3.63) is 63.5 Å². The van der Waals surface area contributed by atoms with E-state index >= 15 is 0 Å². The molecule has 198 valence electrons. The van der Waals surface area contributed by atoms with E-state index in [1.54, 1.807) is 41.7 Å². The van der Waals surface area contributed by atoms with Crippen molar-refractivity contribution in [2.45, 2.75) is 46.2 Å². The molecular formula is C29H30N2O6S. The molecule has 3 aromatic rings. The van der Waals surface area contributed by atoms with Crippen LogP contribution < -0.4 is 29.6 Å². The third-order valence-electron chi connectivity index (χ3n) is 7.60.